The summed E-state index contributed by atoms with van der Waals surface area (Å²) in [7, 11) is -18.2. The molecule has 0 aromatic heterocycles. The predicted molar refractivity (Wildman–Crippen MR) is 417 cm³/mol. The summed E-state index contributed by atoms with van der Waals surface area (Å²) in [6.07, 6.45) is 16.6. The third-order valence-electron chi connectivity index (χ3n) is 18.4. The van der Waals surface area contributed by atoms with E-state index in [1.807, 2.05) is 52.0 Å². The van der Waals surface area contributed by atoms with Crippen molar-refractivity contribution in [1.82, 2.24) is 0 Å². The standard InChI is InChI=1S/2C41H45N3O6S2.Ba/c2*1-5-42(6-2)36-21-15-33(16-22-36)41(34-17-23-37(24-18-34)43(7-3)29-31-11-9-13-39(27-31)51(45,46)47)35-19-25-38(26-20-35)44(8-4)30-32-12-10-14-40(28-32)52(48,49)50;/h2*9-28H,5-8,29-30H2,1-4H3,(H-,45,46,47,48,49,50);/q;;+2/p-2. The van der Waals surface area contributed by atoms with E-state index in [9.17, 15) is 51.9 Å². The van der Waals surface area contributed by atoms with Crippen LogP contribution in [-0.2, 0) is 66.7 Å². The average Bonchev–Trinajstić information content (AvgIpc) is 0.797. The molecule has 0 fully saturated rings. The van der Waals surface area contributed by atoms with Gasteiger partial charge >= 0.3 is 48.9 Å². The summed E-state index contributed by atoms with van der Waals surface area (Å²) in [6.45, 7) is 24.7. The van der Waals surface area contributed by atoms with Crippen molar-refractivity contribution in [1.29, 1.82) is 0 Å². The molecule has 23 heteroatoms. The van der Waals surface area contributed by atoms with E-state index in [0.717, 1.165) is 127 Å². The van der Waals surface area contributed by atoms with E-state index in [-0.39, 0.29) is 68.5 Å². The molecule has 2 aliphatic carbocycles. The molecule has 0 aliphatic heterocycles. The second kappa shape index (κ2) is 37.5. The van der Waals surface area contributed by atoms with Gasteiger partial charge in [-0.25, -0.2) is 42.8 Å². The fourth-order valence-corrected chi connectivity index (χ4v) is 15.0. The molecule has 0 atom stereocenters. The number of anilines is 4. The van der Waals surface area contributed by atoms with Gasteiger partial charge in [-0.3, -0.25) is 0 Å². The first-order valence-corrected chi connectivity index (χ1v) is 40.4. The summed E-state index contributed by atoms with van der Waals surface area (Å²) in [5.41, 5.74) is 17.4. The minimum absolute atomic E-state index is 0. The second-order valence-electron chi connectivity index (χ2n) is 24.8. The first-order valence-electron chi connectivity index (χ1n) is 34.7. The topological polar surface area (TPSA) is 248 Å². The average molecular weight is 1620 g/mol. The zero-order valence-corrected chi connectivity index (χ0v) is 68.2. The molecule has 8 aromatic rings. The summed E-state index contributed by atoms with van der Waals surface area (Å²) in [5, 5.41) is 0. The van der Waals surface area contributed by atoms with E-state index in [2.05, 4.69) is 202 Å². The molecule has 2 aliphatic rings. The van der Waals surface area contributed by atoms with Crippen LogP contribution in [0, 0.1) is 0 Å². The van der Waals surface area contributed by atoms with Crippen molar-refractivity contribution in [2.24, 2.45) is 0 Å². The third kappa shape index (κ3) is 22.1. The van der Waals surface area contributed by atoms with Gasteiger partial charge < -0.3 is 37.8 Å². The van der Waals surface area contributed by atoms with Crippen molar-refractivity contribution in [2.45, 2.75) is 101 Å². The maximum Gasteiger partial charge on any atom is 2.00 e. The zero-order valence-electron chi connectivity index (χ0n) is 60.5. The Labute approximate surface area is 660 Å². The summed E-state index contributed by atoms with van der Waals surface area (Å²) in [5.74, 6) is 0. The van der Waals surface area contributed by atoms with Gasteiger partial charge in [0.05, 0.1) is 19.6 Å². The molecule has 544 valence electrons. The molecule has 0 spiro atoms. The minimum Gasteiger partial charge on any atom is -0.744 e. The number of hydrogen-bond donors (Lipinski definition) is 0. The van der Waals surface area contributed by atoms with Crippen LogP contribution in [0.25, 0.3) is 11.1 Å². The van der Waals surface area contributed by atoms with Gasteiger partial charge in [-0.15, -0.1) is 0 Å². The van der Waals surface area contributed by atoms with E-state index in [1.165, 1.54) is 48.5 Å². The summed E-state index contributed by atoms with van der Waals surface area (Å²) < 4.78 is 144. The second-order valence-corrected chi connectivity index (χ2v) is 30.4. The molecular formula is C82H88BaN6O12S4. The number of benzene rings is 8. The maximum atomic E-state index is 11.6. The number of rotatable bonds is 28. The molecule has 0 bridgehead atoms. The normalized spacial score (nSPS) is 12.8. The Balaban J connectivity index is 0.000000263. The van der Waals surface area contributed by atoms with Crippen LogP contribution in [0.5, 0.6) is 0 Å². The molecule has 10 rings (SSSR count). The maximum absolute atomic E-state index is 11.6. The van der Waals surface area contributed by atoms with Crippen molar-refractivity contribution in [3.05, 3.63) is 298 Å². The quantitative estimate of drug-likeness (QED) is 0.0251. The number of hydrogen-bond acceptors (Lipinski definition) is 16. The van der Waals surface area contributed by atoms with Gasteiger partial charge in [-0.1, -0.05) is 97.1 Å². The summed E-state index contributed by atoms with van der Waals surface area (Å²) >= 11 is 0. The van der Waals surface area contributed by atoms with Crippen LogP contribution in [0.4, 0.5) is 22.7 Å². The van der Waals surface area contributed by atoms with Gasteiger partial charge in [0, 0.05) is 111 Å². The molecule has 0 saturated heterocycles. The van der Waals surface area contributed by atoms with Crippen LogP contribution < -0.4 is 19.6 Å². The van der Waals surface area contributed by atoms with E-state index in [0.29, 0.717) is 52.4 Å². The first-order chi connectivity index (χ1) is 49.7. The SMILES string of the molecule is CCN(CC)c1ccc(C(=C2C=CC(=[N+](CC)Cc3cccc(S(=O)(=O)[O-])c3)C=C2)c2ccc(N(CC)Cc3cccc(S(=O)(=O)[O-])c3)cc2)cc1.CCN(CC)c1ccc(C(=C2C=CC(=[N+](CC)Cc3cccc(S(=O)(=O)[O-])c3)C=C2)c2ccc(N(CC)Cc3cccc(S(=O)(=O)[O-])c3)cc2)cc1.[Ba+2]. The molecule has 0 unspecified atom stereocenters. The Bertz CT molecular complexity index is 4770. The van der Waals surface area contributed by atoms with E-state index < -0.39 is 40.5 Å². The number of allylic oxidation sites excluding steroid dienone is 10. The van der Waals surface area contributed by atoms with Gasteiger partial charge in [-0.2, -0.15) is 0 Å². The third-order valence-corrected chi connectivity index (χ3v) is 21.7. The molecule has 105 heavy (non-hydrogen) atoms. The summed E-state index contributed by atoms with van der Waals surface area (Å²) in [6, 6.07) is 58.4. The van der Waals surface area contributed by atoms with Crippen molar-refractivity contribution in [3.63, 3.8) is 0 Å². The fraction of sp³-hybridized carbons (Fsp3) is 0.244. The smallest absolute Gasteiger partial charge is 0.744 e. The van der Waals surface area contributed by atoms with Crippen molar-refractivity contribution >= 4 is 135 Å². The number of nitrogens with zero attached hydrogens (tertiary/aromatic N) is 6. The van der Waals surface area contributed by atoms with Crippen LogP contribution in [0.1, 0.15) is 99.9 Å². The minimum atomic E-state index is -4.55. The van der Waals surface area contributed by atoms with Crippen LogP contribution in [0.2, 0.25) is 0 Å². The van der Waals surface area contributed by atoms with E-state index >= 15 is 0 Å². The Morgan fingerprint density at radius 1 is 0.305 bits per heavy atom. The van der Waals surface area contributed by atoms with Gasteiger partial charge in [0.1, 0.15) is 53.6 Å². The molecule has 8 aromatic carbocycles. The van der Waals surface area contributed by atoms with Crippen molar-refractivity contribution < 1.29 is 61.0 Å². The summed E-state index contributed by atoms with van der Waals surface area (Å²) in [4.78, 5) is 7.90. The molecule has 0 N–H and O–H groups in total. The van der Waals surface area contributed by atoms with E-state index in [4.69, 9.17) is 0 Å². The van der Waals surface area contributed by atoms with Gasteiger partial charge in [-0.05, 0) is 232 Å². The largest absolute Gasteiger partial charge is 2.00 e. The zero-order chi connectivity index (χ0) is 74.9. The Kier molecular flexibility index (Phi) is 29.5. The van der Waals surface area contributed by atoms with E-state index in [1.54, 1.807) is 24.3 Å². The molecule has 0 saturated carbocycles. The molecule has 0 radical (unpaired) electrons. The van der Waals surface area contributed by atoms with Gasteiger partial charge in [0.15, 0.2) is 24.5 Å². The molecule has 0 heterocycles. The fourth-order valence-electron chi connectivity index (χ4n) is 12.8. The van der Waals surface area contributed by atoms with Crippen LogP contribution in [0.3, 0.4) is 0 Å². The van der Waals surface area contributed by atoms with Crippen LogP contribution >= 0.6 is 0 Å². The molecule has 0 amide bonds. The Morgan fingerprint density at radius 2 is 0.533 bits per heavy atom. The van der Waals surface area contributed by atoms with Crippen LogP contribution in [0.15, 0.2) is 273 Å². The Hall–Kier alpha value is -8.05. The predicted octanol–water partition coefficient (Wildman–Crippen LogP) is 13.6. The molecule has 18 nitrogen and oxygen atoms in total. The van der Waals surface area contributed by atoms with Crippen molar-refractivity contribution in [2.75, 3.05) is 72.0 Å². The first kappa shape index (κ1) is 82.6. The Morgan fingerprint density at radius 3 is 0.762 bits per heavy atom. The monoisotopic (exact) mass is 1610 g/mol. The molecular weight excluding hydrogens is 1530 g/mol. The van der Waals surface area contributed by atoms with Gasteiger partial charge in [0.25, 0.3) is 0 Å². The van der Waals surface area contributed by atoms with Crippen LogP contribution in [-0.4, -0.2) is 174 Å². The van der Waals surface area contributed by atoms with Gasteiger partial charge in [0.2, 0.25) is 0 Å². The van der Waals surface area contributed by atoms with Crippen molar-refractivity contribution in [3.8, 4) is 0 Å².